The number of fused-ring (bicyclic) bond motifs is 2. The van der Waals surface area contributed by atoms with Crippen molar-refractivity contribution in [1.29, 1.82) is 0 Å². The van der Waals surface area contributed by atoms with E-state index in [-0.39, 0.29) is 0 Å². The Bertz CT molecular complexity index is 1330. The van der Waals surface area contributed by atoms with Crippen molar-refractivity contribution in [2.24, 2.45) is 0 Å². The standard InChI is InChI=1S/C26H25ClN4O2/c1-3-25(32)30-8-10-31(11-9-30)26-22-14-23(27)21(15-24(22)28-16-29-26)20-13-18(33-2)12-17-6-4-5-7-19(17)20/h3-7,12-16,25,32H,1,8-11H2,2H3. The first-order chi connectivity index (χ1) is 16.1. The van der Waals surface area contributed by atoms with Gasteiger partial charge in [-0.15, -0.1) is 0 Å². The molecule has 0 radical (unpaired) electrons. The van der Waals surface area contributed by atoms with E-state index in [0.717, 1.165) is 70.5 Å². The fourth-order valence-electron chi connectivity index (χ4n) is 4.49. The van der Waals surface area contributed by atoms with Gasteiger partial charge in [-0.2, -0.15) is 0 Å². The number of ether oxygens (including phenoxy) is 1. The van der Waals surface area contributed by atoms with Crippen LogP contribution in [0.5, 0.6) is 5.75 Å². The molecule has 7 heteroatoms. The number of halogens is 1. The van der Waals surface area contributed by atoms with Crippen LogP contribution in [-0.2, 0) is 0 Å². The molecule has 1 atom stereocenters. The number of aromatic nitrogens is 2. The van der Waals surface area contributed by atoms with Crippen LogP contribution in [0.3, 0.4) is 0 Å². The topological polar surface area (TPSA) is 61.7 Å². The van der Waals surface area contributed by atoms with Crippen molar-refractivity contribution < 1.29 is 9.84 Å². The SMILES string of the molecule is C=CC(O)N1CCN(c2ncnc3cc(-c4cc(OC)cc5ccccc45)c(Cl)cc23)CC1. The molecule has 5 rings (SSSR count). The number of anilines is 1. The highest BCUT2D eigenvalue weighted by molar-refractivity contribution is 6.34. The molecule has 1 aliphatic rings. The van der Waals surface area contributed by atoms with Crippen molar-refractivity contribution in [3.63, 3.8) is 0 Å². The molecular formula is C26H25ClN4O2. The molecule has 1 aromatic heterocycles. The van der Waals surface area contributed by atoms with Gasteiger partial charge in [0.15, 0.2) is 0 Å². The second-order valence-electron chi connectivity index (χ2n) is 8.11. The minimum Gasteiger partial charge on any atom is -0.497 e. The van der Waals surface area contributed by atoms with E-state index >= 15 is 0 Å². The van der Waals surface area contributed by atoms with Crippen molar-refractivity contribution >= 4 is 39.1 Å². The highest BCUT2D eigenvalue weighted by atomic mass is 35.5. The van der Waals surface area contributed by atoms with Crippen LogP contribution in [0.2, 0.25) is 5.02 Å². The fraction of sp³-hybridized carbons (Fsp3) is 0.231. The summed E-state index contributed by atoms with van der Waals surface area (Å²) in [5.74, 6) is 1.64. The number of rotatable bonds is 5. The van der Waals surface area contributed by atoms with Gasteiger partial charge < -0.3 is 14.7 Å². The molecule has 4 aromatic rings. The molecule has 0 amide bonds. The predicted octanol–water partition coefficient (Wildman–Crippen LogP) is 4.74. The zero-order valence-electron chi connectivity index (χ0n) is 18.4. The average molecular weight is 461 g/mol. The molecule has 1 unspecified atom stereocenters. The number of hydrogen-bond donors (Lipinski definition) is 1. The van der Waals surface area contributed by atoms with Crippen molar-refractivity contribution in [1.82, 2.24) is 14.9 Å². The van der Waals surface area contributed by atoms with Crippen molar-refractivity contribution in [3.8, 4) is 16.9 Å². The van der Waals surface area contributed by atoms with Gasteiger partial charge in [0.25, 0.3) is 0 Å². The van der Waals surface area contributed by atoms with Crippen molar-refractivity contribution in [2.75, 3.05) is 38.2 Å². The third-order valence-electron chi connectivity index (χ3n) is 6.26. The number of nitrogens with zero attached hydrogens (tertiary/aromatic N) is 4. The quantitative estimate of drug-likeness (QED) is 0.434. The van der Waals surface area contributed by atoms with Crippen molar-refractivity contribution in [3.05, 3.63) is 72.5 Å². The summed E-state index contributed by atoms with van der Waals surface area (Å²) < 4.78 is 5.54. The lowest BCUT2D eigenvalue weighted by Gasteiger charge is -2.37. The van der Waals surface area contributed by atoms with Crippen LogP contribution in [0.4, 0.5) is 5.82 Å². The van der Waals surface area contributed by atoms with Gasteiger partial charge in [-0.05, 0) is 46.7 Å². The maximum Gasteiger partial charge on any atom is 0.140 e. The van der Waals surface area contributed by atoms with E-state index in [0.29, 0.717) is 5.02 Å². The summed E-state index contributed by atoms with van der Waals surface area (Å²) in [5, 5.41) is 13.8. The average Bonchev–Trinajstić information content (AvgIpc) is 2.87. The number of benzene rings is 3. The van der Waals surface area contributed by atoms with Gasteiger partial charge in [0.05, 0.1) is 12.6 Å². The summed E-state index contributed by atoms with van der Waals surface area (Å²) in [4.78, 5) is 13.3. The molecule has 0 spiro atoms. The molecule has 1 saturated heterocycles. The molecule has 0 saturated carbocycles. The minimum absolute atomic E-state index is 0.621. The number of methoxy groups -OCH3 is 1. The maximum atomic E-state index is 10.0. The lowest BCUT2D eigenvalue weighted by atomic mass is 9.96. The van der Waals surface area contributed by atoms with Gasteiger partial charge in [0.2, 0.25) is 0 Å². The maximum absolute atomic E-state index is 10.0. The number of aliphatic hydroxyl groups excluding tert-OH is 1. The molecule has 168 valence electrons. The molecule has 1 aliphatic heterocycles. The Hall–Kier alpha value is -3.19. The summed E-state index contributed by atoms with van der Waals surface area (Å²) in [6.07, 6.45) is 2.53. The van der Waals surface area contributed by atoms with E-state index in [4.69, 9.17) is 16.3 Å². The smallest absolute Gasteiger partial charge is 0.140 e. The first kappa shape index (κ1) is 21.6. The van der Waals surface area contributed by atoms with Crippen LogP contribution in [-0.4, -0.2) is 59.5 Å². The third kappa shape index (κ3) is 4.02. The van der Waals surface area contributed by atoms with E-state index < -0.39 is 6.23 Å². The van der Waals surface area contributed by atoms with Gasteiger partial charge in [-0.3, -0.25) is 4.90 Å². The van der Waals surface area contributed by atoms with Crippen molar-refractivity contribution in [2.45, 2.75) is 6.23 Å². The van der Waals surface area contributed by atoms with Crippen LogP contribution in [0.1, 0.15) is 0 Å². The second kappa shape index (κ2) is 8.98. The van der Waals surface area contributed by atoms with Gasteiger partial charge in [-0.25, -0.2) is 9.97 Å². The molecule has 0 bridgehead atoms. The Labute approximate surface area is 197 Å². The molecule has 33 heavy (non-hydrogen) atoms. The van der Waals surface area contributed by atoms with E-state index in [1.165, 1.54) is 0 Å². The monoisotopic (exact) mass is 460 g/mol. The molecule has 2 heterocycles. The highest BCUT2D eigenvalue weighted by Crippen LogP contribution is 2.39. The number of piperazine rings is 1. The third-order valence-corrected chi connectivity index (χ3v) is 6.58. The van der Waals surface area contributed by atoms with Crippen LogP contribution < -0.4 is 9.64 Å². The zero-order valence-corrected chi connectivity index (χ0v) is 19.2. The molecule has 1 fully saturated rings. The minimum atomic E-state index is -0.621. The Morgan fingerprint density at radius 3 is 2.58 bits per heavy atom. The van der Waals surface area contributed by atoms with E-state index in [9.17, 15) is 5.11 Å². The second-order valence-corrected chi connectivity index (χ2v) is 8.52. The zero-order chi connectivity index (χ0) is 22.9. The van der Waals surface area contributed by atoms with E-state index in [1.54, 1.807) is 19.5 Å². The molecule has 3 aromatic carbocycles. The lowest BCUT2D eigenvalue weighted by molar-refractivity contribution is 0.0380. The Morgan fingerprint density at radius 1 is 1.03 bits per heavy atom. The van der Waals surface area contributed by atoms with Crippen LogP contribution in [0, 0.1) is 0 Å². The number of aliphatic hydroxyl groups is 1. The molecule has 0 aliphatic carbocycles. The Kier molecular flexibility index (Phi) is 5.89. The fourth-order valence-corrected chi connectivity index (χ4v) is 4.76. The highest BCUT2D eigenvalue weighted by Gasteiger charge is 2.23. The summed E-state index contributed by atoms with van der Waals surface area (Å²) in [6, 6.07) is 16.2. The summed E-state index contributed by atoms with van der Waals surface area (Å²) in [6.45, 7) is 6.62. The van der Waals surface area contributed by atoms with Crippen LogP contribution >= 0.6 is 11.6 Å². The molecule has 6 nitrogen and oxygen atoms in total. The summed E-state index contributed by atoms with van der Waals surface area (Å²) in [5.41, 5.74) is 2.74. The number of hydrogen-bond acceptors (Lipinski definition) is 6. The summed E-state index contributed by atoms with van der Waals surface area (Å²) >= 11 is 6.86. The van der Waals surface area contributed by atoms with Crippen LogP contribution in [0.15, 0.2) is 67.5 Å². The first-order valence-corrected chi connectivity index (χ1v) is 11.3. The van der Waals surface area contributed by atoms with Gasteiger partial charge in [0, 0.05) is 42.2 Å². The van der Waals surface area contributed by atoms with E-state index in [2.05, 4.69) is 33.6 Å². The Balaban J connectivity index is 1.57. The van der Waals surface area contributed by atoms with Gasteiger partial charge in [0.1, 0.15) is 24.1 Å². The van der Waals surface area contributed by atoms with Gasteiger partial charge >= 0.3 is 0 Å². The van der Waals surface area contributed by atoms with Crippen LogP contribution in [0.25, 0.3) is 32.8 Å². The first-order valence-electron chi connectivity index (χ1n) is 10.9. The Morgan fingerprint density at radius 2 is 1.82 bits per heavy atom. The lowest BCUT2D eigenvalue weighted by Crippen LogP contribution is -2.50. The molecular weight excluding hydrogens is 436 g/mol. The predicted molar refractivity (Wildman–Crippen MR) is 134 cm³/mol. The van der Waals surface area contributed by atoms with E-state index in [1.807, 2.05) is 41.3 Å². The molecule has 1 N–H and O–H groups in total. The van der Waals surface area contributed by atoms with Gasteiger partial charge in [-0.1, -0.05) is 42.4 Å². The normalized spacial score (nSPS) is 15.7. The summed E-state index contributed by atoms with van der Waals surface area (Å²) in [7, 11) is 1.67. The largest absolute Gasteiger partial charge is 0.497 e.